The van der Waals surface area contributed by atoms with E-state index in [0.29, 0.717) is 17.5 Å². The number of carbonyl (C=O) groups is 3. The number of hydrogen-bond acceptors (Lipinski definition) is 5. The van der Waals surface area contributed by atoms with E-state index in [1.807, 2.05) is 11.8 Å². The van der Waals surface area contributed by atoms with Gasteiger partial charge in [-0.3, -0.25) is 19.3 Å². The van der Waals surface area contributed by atoms with Gasteiger partial charge in [-0.2, -0.15) is 11.8 Å². The predicted octanol–water partition coefficient (Wildman–Crippen LogP) is 0.916. The molecule has 1 fully saturated rings. The molecule has 2 aliphatic heterocycles. The molecule has 0 aromatic heterocycles. The van der Waals surface area contributed by atoms with Crippen LogP contribution in [0.3, 0.4) is 0 Å². The molecule has 24 heavy (non-hydrogen) atoms. The maximum atomic E-state index is 12.2. The highest BCUT2D eigenvalue weighted by molar-refractivity contribution is 7.99. The number of hydrogen-bond donors (Lipinski definition) is 2. The monoisotopic (exact) mass is 369 g/mol. The molecule has 130 valence electrons. The van der Waals surface area contributed by atoms with Crippen LogP contribution in [0.4, 0.5) is 0 Å². The van der Waals surface area contributed by atoms with Crippen LogP contribution in [-0.2, 0) is 4.79 Å². The van der Waals surface area contributed by atoms with Gasteiger partial charge in [0.1, 0.15) is 0 Å². The summed E-state index contributed by atoms with van der Waals surface area (Å²) in [5.74, 6) is 1.39. The van der Waals surface area contributed by atoms with Gasteiger partial charge in [0, 0.05) is 43.6 Å². The molecular formula is C16H20ClN3O3S. The van der Waals surface area contributed by atoms with Crippen LogP contribution in [0.5, 0.6) is 0 Å². The summed E-state index contributed by atoms with van der Waals surface area (Å²) in [5.41, 5.74) is 0.875. The second-order valence-corrected chi connectivity index (χ2v) is 6.74. The molecule has 0 aliphatic carbocycles. The molecule has 3 rings (SSSR count). The van der Waals surface area contributed by atoms with Crippen molar-refractivity contribution in [3.05, 3.63) is 35.4 Å². The summed E-state index contributed by atoms with van der Waals surface area (Å²) in [6, 6.07) is 6.99. The topological polar surface area (TPSA) is 78.5 Å². The van der Waals surface area contributed by atoms with Crippen LogP contribution in [0.25, 0.3) is 0 Å². The Morgan fingerprint density at radius 2 is 1.92 bits per heavy atom. The third-order valence-corrected chi connectivity index (χ3v) is 5.10. The van der Waals surface area contributed by atoms with Crippen molar-refractivity contribution in [3.8, 4) is 0 Å². The summed E-state index contributed by atoms with van der Waals surface area (Å²) < 4.78 is 0. The number of fused-ring (bicyclic) bond motifs is 1. The van der Waals surface area contributed by atoms with Crippen LogP contribution in [-0.4, -0.2) is 59.8 Å². The van der Waals surface area contributed by atoms with Gasteiger partial charge in [0.2, 0.25) is 5.91 Å². The van der Waals surface area contributed by atoms with E-state index in [-0.39, 0.29) is 49.3 Å². The highest BCUT2D eigenvalue weighted by Gasteiger charge is 2.34. The maximum absolute atomic E-state index is 12.2. The Bertz CT molecular complexity index is 600. The minimum atomic E-state index is -0.287. The highest BCUT2D eigenvalue weighted by atomic mass is 35.5. The van der Waals surface area contributed by atoms with E-state index >= 15 is 0 Å². The second-order valence-electron chi connectivity index (χ2n) is 5.59. The molecular weight excluding hydrogens is 350 g/mol. The summed E-state index contributed by atoms with van der Waals surface area (Å²) in [5, 5.41) is 6.10. The van der Waals surface area contributed by atoms with Gasteiger partial charge in [0.15, 0.2) is 0 Å². The molecule has 6 nitrogen and oxygen atoms in total. The van der Waals surface area contributed by atoms with Gasteiger partial charge < -0.3 is 10.6 Å². The summed E-state index contributed by atoms with van der Waals surface area (Å²) in [7, 11) is 0. The number of thioether (sulfide) groups is 1. The molecule has 0 spiro atoms. The number of halogens is 1. The second kappa shape index (κ2) is 8.50. The predicted molar refractivity (Wildman–Crippen MR) is 95.8 cm³/mol. The van der Waals surface area contributed by atoms with E-state index in [1.54, 1.807) is 24.3 Å². The minimum Gasteiger partial charge on any atom is -0.354 e. The molecule has 8 heteroatoms. The van der Waals surface area contributed by atoms with Gasteiger partial charge in [-0.05, 0) is 12.1 Å². The van der Waals surface area contributed by atoms with E-state index in [9.17, 15) is 14.4 Å². The van der Waals surface area contributed by atoms with Gasteiger partial charge in [0.25, 0.3) is 11.8 Å². The van der Waals surface area contributed by atoms with Crippen molar-refractivity contribution in [1.29, 1.82) is 0 Å². The fourth-order valence-corrected chi connectivity index (χ4v) is 3.75. The average Bonchev–Trinajstić information content (AvgIpc) is 2.81. The lowest BCUT2D eigenvalue weighted by molar-refractivity contribution is -0.121. The lowest BCUT2D eigenvalue weighted by Gasteiger charge is -2.22. The molecule has 0 radical (unpaired) electrons. The zero-order chi connectivity index (χ0) is 16.2. The van der Waals surface area contributed by atoms with Crippen molar-refractivity contribution in [3.63, 3.8) is 0 Å². The van der Waals surface area contributed by atoms with E-state index in [1.165, 1.54) is 4.90 Å². The van der Waals surface area contributed by atoms with Crippen molar-refractivity contribution in [2.45, 2.75) is 12.5 Å². The molecule has 0 bridgehead atoms. The molecule has 1 atom stereocenters. The third kappa shape index (κ3) is 4.09. The Kier molecular flexibility index (Phi) is 6.65. The summed E-state index contributed by atoms with van der Waals surface area (Å²) in [6.45, 7) is 1.41. The smallest absolute Gasteiger partial charge is 0.261 e. The Labute approximate surface area is 151 Å². The summed E-state index contributed by atoms with van der Waals surface area (Å²) in [4.78, 5) is 37.5. The Morgan fingerprint density at radius 1 is 1.25 bits per heavy atom. The van der Waals surface area contributed by atoms with Crippen molar-refractivity contribution < 1.29 is 14.4 Å². The van der Waals surface area contributed by atoms with Crippen LogP contribution in [0.2, 0.25) is 0 Å². The molecule has 1 saturated heterocycles. The van der Waals surface area contributed by atoms with Crippen LogP contribution >= 0.6 is 24.2 Å². The highest BCUT2D eigenvalue weighted by Crippen LogP contribution is 2.21. The third-order valence-electron chi connectivity index (χ3n) is 3.97. The Hall–Kier alpha value is -1.57. The first-order valence-electron chi connectivity index (χ1n) is 7.70. The zero-order valence-corrected chi connectivity index (χ0v) is 14.8. The number of nitrogens with one attached hydrogen (secondary N) is 2. The number of benzene rings is 1. The number of rotatable bonds is 5. The Balaban J connectivity index is 0.00000208. The minimum absolute atomic E-state index is 0. The van der Waals surface area contributed by atoms with E-state index in [0.717, 1.165) is 18.1 Å². The molecule has 0 saturated carbocycles. The Morgan fingerprint density at radius 3 is 2.50 bits per heavy atom. The quantitative estimate of drug-likeness (QED) is 0.754. The molecule has 2 aliphatic rings. The van der Waals surface area contributed by atoms with Crippen molar-refractivity contribution in [1.82, 2.24) is 15.5 Å². The molecule has 2 heterocycles. The van der Waals surface area contributed by atoms with Gasteiger partial charge >= 0.3 is 0 Å². The molecule has 1 aromatic carbocycles. The molecule has 1 unspecified atom stereocenters. The van der Waals surface area contributed by atoms with Crippen LogP contribution < -0.4 is 10.6 Å². The SMILES string of the molecule is Cl.O=C(CC1CSCCN1)NCCN1C(=O)c2ccccc2C1=O. The largest absolute Gasteiger partial charge is 0.354 e. The summed E-state index contributed by atoms with van der Waals surface area (Å²) >= 11 is 1.84. The lowest BCUT2D eigenvalue weighted by atomic mass is 10.1. The fourth-order valence-electron chi connectivity index (χ4n) is 2.80. The van der Waals surface area contributed by atoms with Gasteiger partial charge in [-0.1, -0.05) is 12.1 Å². The molecule has 1 aromatic rings. The van der Waals surface area contributed by atoms with E-state index in [2.05, 4.69) is 10.6 Å². The first-order chi connectivity index (χ1) is 11.2. The van der Waals surface area contributed by atoms with Crippen molar-refractivity contribution in [2.24, 2.45) is 0 Å². The van der Waals surface area contributed by atoms with Crippen molar-refractivity contribution in [2.75, 3.05) is 31.1 Å². The van der Waals surface area contributed by atoms with Gasteiger partial charge in [0.05, 0.1) is 11.1 Å². The lowest BCUT2D eigenvalue weighted by Crippen LogP contribution is -2.43. The fraction of sp³-hybridized carbons (Fsp3) is 0.438. The zero-order valence-electron chi connectivity index (χ0n) is 13.1. The van der Waals surface area contributed by atoms with Crippen molar-refractivity contribution >= 4 is 41.9 Å². The summed E-state index contributed by atoms with van der Waals surface area (Å²) in [6.07, 6.45) is 0.426. The number of nitrogens with zero attached hydrogens (tertiary/aromatic N) is 1. The number of imide groups is 1. The van der Waals surface area contributed by atoms with Crippen LogP contribution in [0.15, 0.2) is 24.3 Å². The van der Waals surface area contributed by atoms with Crippen LogP contribution in [0, 0.1) is 0 Å². The van der Waals surface area contributed by atoms with Gasteiger partial charge in [-0.25, -0.2) is 0 Å². The number of amides is 3. The number of carbonyl (C=O) groups excluding carboxylic acids is 3. The first kappa shape index (κ1) is 18.8. The van der Waals surface area contributed by atoms with Crippen LogP contribution in [0.1, 0.15) is 27.1 Å². The average molecular weight is 370 g/mol. The molecule has 3 amide bonds. The van der Waals surface area contributed by atoms with E-state index < -0.39 is 0 Å². The van der Waals surface area contributed by atoms with E-state index in [4.69, 9.17) is 0 Å². The normalized spacial score (nSPS) is 19.7. The maximum Gasteiger partial charge on any atom is 0.261 e. The molecule has 2 N–H and O–H groups in total. The van der Waals surface area contributed by atoms with Gasteiger partial charge in [-0.15, -0.1) is 12.4 Å². The first-order valence-corrected chi connectivity index (χ1v) is 8.85. The standard InChI is InChI=1S/C16H19N3O3S.ClH/c20-14(9-11-10-23-8-6-17-11)18-5-7-19-15(21)12-3-1-2-4-13(12)16(19)22;/h1-4,11,17H,5-10H2,(H,18,20);1H.